The number of aliphatic carboxylic acids is 1. The molecule has 20 heavy (non-hydrogen) atoms. The van der Waals surface area contributed by atoms with Gasteiger partial charge in [-0.2, -0.15) is 0 Å². The molecule has 0 saturated carbocycles. The number of carbonyl (C=O) groups excluding carboxylic acids is 1. The standard InChI is InChI=1S/C16H17NO2S/c17-14(16(18)19)11-20-15(12-7-3-1-4-8-12)13-9-5-2-6-10-13/h1-10,14-15H,11,17H2,(H,18,19)/p-1. The number of hydrogen-bond donors (Lipinski definition) is 1. The first kappa shape index (κ1) is 14.6. The molecular formula is C16H16NO2S-. The van der Waals surface area contributed by atoms with E-state index in [1.165, 1.54) is 11.8 Å². The van der Waals surface area contributed by atoms with Gasteiger partial charge >= 0.3 is 0 Å². The van der Waals surface area contributed by atoms with Crippen molar-refractivity contribution in [3.05, 3.63) is 71.8 Å². The van der Waals surface area contributed by atoms with Crippen LogP contribution in [0.2, 0.25) is 0 Å². The van der Waals surface area contributed by atoms with E-state index in [9.17, 15) is 9.90 Å². The number of hydrogen-bond acceptors (Lipinski definition) is 4. The van der Waals surface area contributed by atoms with Crippen LogP contribution in [-0.4, -0.2) is 17.8 Å². The van der Waals surface area contributed by atoms with Crippen LogP contribution in [0, 0.1) is 0 Å². The molecule has 0 aromatic heterocycles. The van der Waals surface area contributed by atoms with E-state index in [-0.39, 0.29) is 5.25 Å². The van der Waals surface area contributed by atoms with Crippen molar-refractivity contribution in [3.8, 4) is 0 Å². The monoisotopic (exact) mass is 286 g/mol. The minimum atomic E-state index is -1.21. The van der Waals surface area contributed by atoms with Gasteiger partial charge in [0, 0.05) is 5.75 Å². The lowest BCUT2D eigenvalue weighted by Gasteiger charge is -2.20. The second-order valence-corrected chi connectivity index (χ2v) is 5.60. The Kier molecular flexibility index (Phi) is 5.21. The van der Waals surface area contributed by atoms with Crippen LogP contribution in [0.4, 0.5) is 0 Å². The van der Waals surface area contributed by atoms with E-state index in [1.54, 1.807) is 0 Å². The van der Waals surface area contributed by atoms with Gasteiger partial charge in [-0.1, -0.05) is 60.7 Å². The SMILES string of the molecule is NC(CSC(c1ccccc1)c1ccccc1)C(=O)[O-]. The molecule has 0 amide bonds. The molecule has 2 rings (SSSR count). The molecule has 2 N–H and O–H groups in total. The summed E-state index contributed by atoms with van der Waals surface area (Å²) in [4.78, 5) is 10.7. The number of carboxylic acids is 1. The highest BCUT2D eigenvalue weighted by atomic mass is 32.2. The van der Waals surface area contributed by atoms with Gasteiger partial charge in [-0.15, -0.1) is 11.8 Å². The topological polar surface area (TPSA) is 66.2 Å². The summed E-state index contributed by atoms with van der Waals surface area (Å²) in [6.45, 7) is 0. The van der Waals surface area contributed by atoms with Gasteiger partial charge in [-0.05, 0) is 11.1 Å². The van der Waals surface area contributed by atoms with Gasteiger partial charge in [0.05, 0.1) is 17.3 Å². The molecule has 0 bridgehead atoms. The van der Waals surface area contributed by atoms with Crippen LogP contribution >= 0.6 is 11.8 Å². The van der Waals surface area contributed by atoms with Crippen molar-refractivity contribution in [3.63, 3.8) is 0 Å². The smallest absolute Gasteiger partial charge is 0.0590 e. The van der Waals surface area contributed by atoms with Crippen LogP contribution in [0.5, 0.6) is 0 Å². The fourth-order valence-corrected chi connectivity index (χ4v) is 3.14. The summed E-state index contributed by atoms with van der Waals surface area (Å²) in [6.07, 6.45) is 0. The Hall–Kier alpha value is -1.78. The van der Waals surface area contributed by atoms with E-state index >= 15 is 0 Å². The number of carboxylic acid groups (broad SMARTS) is 1. The quantitative estimate of drug-likeness (QED) is 0.875. The van der Waals surface area contributed by atoms with Gasteiger partial charge in [0.2, 0.25) is 0 Å². The summed E-state index contributed by atoms with van der Waals surface area (Å²) >= 11 is 1.52. The first-order valence-electron chi connectivity index (χ1n) is 6.36. The lowest BCUT2D eigenvalue weighted by atomic mass is 10.0. The molecule has 3 nitrogen and oxygen atoms in total. The largest absolute Gasteiger partial charge is 0.548 e. The fourth-order valence-electron chi connectivity index (χ4n) is 1.91. The molecule has 104 valence electrons. The summed E-state index contributed by atoms with van der Waals surface area (Å²) in [5.74, 6) is -0.895. The third kappa shape index (κ3) is 3.85. The predicted molar refractivity (Wildman–Crippen MR) is 80.2 cm³/mol. The normalized spacial score (nSPS) is 12.3. The Bertz CT molecular complexity index is 505. The highest BCUT2D eigenvalue weighted by Gasteiger charge is 2.16. The Morgan fingerprint density at radius 3 is 1.85 bits per heavy atom. The number of rotatable bonds is 6. The van der Waals surface area contributed by atoms with Crippen molar-refractivity contribution < 1.29 is 9.90 Å². The summed E-state index contributed by atoms with van der Waals surface area (Å²) < 4.78 is 0. The number of carbonyl (C=O) groups is 1. The van der Waals surface area contributed by atoms with Crippen LogP contribution in [0.3, 0.4) is 0 Å². The molecule has 0 saturated heterocycles. The maximum atomic E-state index is 10.7. The van der Waals surface area contributed by atoms with Crippen LogP contribution in [0.1, 0.15) is 16.4 Å². The molecule has 2 aromatic carbocycles. The average Bonchev–Trinajstić information content (AvgIpc) is 2.49. The number of nitrogens with two attached hydrogens (primary N) is 1. The van der Waals surface area contributed by atoms with Gasteiger partial charge in [-0.3, -0.25) is 0 Å². The van der Waals surface area contributed by atoms with E-state index in [4.69, 9.17) is 5.73 Å². The molecule has 4 heteroatoms. The predicted octanol–water partition coefficient (Wildman–Crippen LogP) is 1.59. The van der Waals surface area contributed by atoms with Gasteiger partial charge in [0.15, 0.2) is 0 Å². The van der Waals surface area contributed by atoms with Crippen molar-refractivity contribution in [2.24, 2.45) is 5.73 Å². The lowest BCUT2D eigenvalue weighted by molar-refractivity contribution is -0.306. The molecular weight excluding hydrogens is 270 g/mol. The van der Waals surface area contributed by atoms with E-state index in [0.717, 1.165) is 11.1 Å². The minimum Gasteiger partial charge on any atom is -0.548 e. The molecule has 0 fully saturated rings. The van der Waals surface area contributed by atoms with Gasteiger partial charge < -0.3 is 15.6 Å². The Morgan fingerprint density at radius 2 is 1.45 bits per heavy atom. The number of benzene rings is 2. The Labute approximate surface area is 122 Å². The lowest BCUT2D eigenvalue weighted by Crippen LogP contribution is -2.43. The highest BCUT2D eigenvalue weighted by molar-refractivity contribution is 7.99. The Balaban J connectivity index is 2.19. The van der Waals surface area contributed by atoms with Crippen molar-refractivity contribution in [2.45, 2.75) is 11.3 Å². The summed E-state index contributed by atoms with van der Waals surface area (Å²) in [5, 5.41) is 10.8. The van der Waals surface area contributed by atoms with E-state index < -0.39 is 12.0 Å². The van der Waals surface area contributed by atoms with E-state index in [1.807, 2.05) is 60.7 Å². The third-order valence-electron chi connectivity index (χ3n) is 2.95. The maximum absolute atomic E-state index is 10.7. The van der Waals surface area contributed by atoms with E-state index in [2.05, 4.69) is 0 Å². The molecule has 0 aliphatic carbocycles. The molecule has 0 aliphatic rings. The Morgan fingerprint density at radius 1 is 1.00 bits per heavy atom. The van der Waals surface area contributed by atoms with Crippen LogP contribution < -0.4 is 10.8 Å². The van der Waals surface area contributed by atoms with Gasteiger partial charge in [0.25, 0.3) is 0 Å². The summed E-state index contributed by atoms with van der Waals surface area (Å²) in [7, 11) is 0. The van der Waals surface area contributed by atoms with Crippen molar-refractivity contribution in [1.29, 1.82) is 0 Å². The summed E-state index contributed by atoms with van der Waals surface area (Å²) in [6, 6.07) is 19.0. The van der Waals surface area contributed by atoms with E-state index in [0.29, 0.717) is 5.75 Å². The molecule has 0 radical (unpaired) electrons. The summed E-state index contributed by atoms with van der Waals surface area (Å²) in [5.41, 5.74) is 7.81. The zero-order valence-electron chi connectivity index (χ0n) is 10.9. The number of thioether (sulfide) groups is 1. The van der Waals surface area contributed by atoms with Gasteiger partial charge in [0.1, 0.15) is 0 Å². The first-order chi connectivity index (χ1) is 9.68. The first-order valence-corrected chi connectivity index (χ1v) is 7.41. The third-order valence-corrected chi connectivity index (χ3v) is 4.38. The molecule has 1 unspecified atom stereocenters. The van der Waals surface area contributed by atoms with Crippen LogP contribution in [0.25, 0.3) is 0 Å². The zero-order valence-corrected chi connectivity index (χ0v) is 11.8. The fraction of sp³-hybridized carbons (Fsp3) is 0.188. The average molecular weight is 286 g/mol. The van der Waals surface area contributed by atoms with Crippen molar-refractivity contribution in [2.75, 3.05) is 5.75 Å². The molecule has 0 spiro atoms. The second kappa shape index (κ2) is 7.12. The minimum absolute atomic E-state index is 0.0720. The molecule has 0 aliphatic heterocycles. The van der Waals surface area contributed by atoms with Crippen molar-refractivity contribution >= 4 is 17.7 Å². The molecule has 2 aromatic rings. The maximum Gasteiger partial charge on any atom is 0.0590 e. The van der Waals surface area contributed by atoms with Crippen LogP contribution in [0.15, 0.2) is 60.7 Å². The molecule has 0 heterocycles. The highest BCUT2D eigenvalue weighted by Crippen LogP contribution is 2.35. The zero-order chi connectivity index (χ0) is 14.4. The second-order valence-electron chi connectivity index (χ2n) is 4.46. The molecule has 1 atom stereocenters. The van der Waals surface area contributed by atoms with Crippen molar-refractivity contribution in [1.82, 2.24) is 0 Å². The van der Waals surface area contributed by atoms with Crippen LogP contribution in [-0.2, 0) is 4.79 Å². The van der Waals surface area contributed by atoms with Gasteiger partial charge in [-0.25, -0.2) is 0 Å².